The number of rotatable bonds is 5. The van der Waals surface area contributed by atoms with Crippen LogP contribution in [0.5, 0.6) is 0 Å². The molecule has 0 radical (unpaired) electrons. The highest BCUT2D eigenvalue weighted by atomic mass is 16.5. The van der Waals surface area contributed by atoms with E-state index in [2.05, 4.69) is 6.92 Å². The van der Waals surface area contributed by atoms with E-state index in [4.69, 9.17) is 4.74 Å². The Morgan fingerprint density at radius 3 is 2.88 bits per heavy atom. The third-order valence-corrected chi connectivity index (χ3v) is 3.60. The Morgan fingerprint density at radius 1 is 1.50 bits per heavy atom. The van der Waals surface area contributed by atoms with Crippen molar-refractivity contribution in [1.29, 1.82) is 0 Å². The Kier molecular flexibility index (Phi) is 5.26. The van der Waals surface area contributed by atoms with Gasteiger partial charge in [-0.15, -0.1) is 0 Å². The zero-order valence-corrected chi connectivity index (χ0v) is 10.5. The molecule has 3 heteroatoms. The van der Waals surface area contributed by atoms with Gasteiger partial charge in [-0.1, -0.05) is 26.2 Å². The Morgan fingerprint density at radius 2 is 2.25 bits per heavy atom. The predicted octanol–water partition coefficient (Wildman–Crippen LogP) is 2.66. The van der Waals surface area contributed by atoms with E-state index in [0.717, 1.165) is 25.7 Å². The van der Waals surface area contributed by atoms with Crippen molar-refractivity contribution in [1.82, 2.24) is 0 Å². The van der Waals surface area contributed by atoms with Crippen LogP contribution in [0.2, 0.25) is 0 Å². The lowest BCUT2D eigenvalue weighted by Gasteiger charge is -2.36. The summed E-state index contributed by atoms with van der Waals surface area (Å²) in [5, 5.41) is 10.4. The molecule has 0 amide bonds. The minimum absolute atomic E-state index is 0.186. The highest BCUT2D eigenvalue weighted by Crippen LogP contribution is 2.36. The second kappa shape index (κ2) is 6.24. The molecule has 1 saturated carbocycles. The molecule has 16 heavy (non-hydrogen) atoms. The molecule has 0 aromatic carbocycles. The van der Waals surface area contributed by atoms with Gasteiger partial charge < -0.3 is 9.84 Å². The van der Waals surface area contributed by atoms with Crippen LogP contribution in [-0.4, -0.2) is 23.3 Å². The van der Waals surface area contributed by atoms with Crippen LogP contribution in [0.4, 0.5) is 0 Å². The van der Waals surface area contributed by atoms with Gasteiger partial charge in [0.2, 0.25) is 0 Å². The number of ether oxygens (including phenoxy) is 1. The summed E-state index contributed by atoms with van der Waals surface area (Å²) >= 11 is 0. The first-order valence-corrected chi connectivity index (χ1v) is 6.47. The number of aliphatic hydroxyl groups is 1. The molecule has 2 atom stereocenters. The van der Waals surface area contributed by atoms with E-state index in [0.29, 0.717) is 25.4 Å². The Balaban J connectivity index is 2.35. The van der Waals surface area contributed by atoms with E-state index in [1.807, 2.05) is 0 Å². The smallest absolute Gasteiger partial charge is 0.305 e. The number of esters is 1. The number of carbonyl (C=O) groups is 1. The van der Waals surface area contributed by atoms with Crippen LogP contribution < -0.4 is 0 Å². The molecule has 0 aliphatic heterocycles. The fourth-order valence-electron chi connectivity index (χ4n) is 2.60. The zero-order chi connectivity index (χ0) is 12.0. The molecule has 1 rings (SSSR count). The first-order valence-electron chi connectivity index (χ1n) is 6.47. The summed E-state index contributed by atoms with van der Waals surface area (Å²) < 4.78 is 4.88. The van der Waals surface area contributed by atoms with E-state index >= 15 is 0 Å². The summed E-state index contributed by atoms with van der Waals surface area (Å²) in [5.41, 5.74) is -0.619. The highest BCUT2D eigenvalue weighted by molar-refractivity contribution is 5.69. The Hall–Kier alpha value is -0.570. The molecule has 3 nitrogen and oxygen atoms in total. The second-order valence-corrected chi connectivity index (χ2v) is 4.90. The number of hydrogen-bond acceptors (Lipinski definition) is 3. The van der Waals surface area contributed by atoms with Gasteiger partial charge in [-0.2, -0.15) is 0 Å². The van der Waals surface area contributed by atoms with Gasteiger partial charge >= 0.3 is 5.97 Å². The molecule has 0 heterocycles. The molecule has 1 aliphatic carbocycles. The lowest BCUT2D eigenvalue weighted by molar-refractivity contribution is -0.145. The minimum atomic E-state index is -0.619. The Labute approximate surface area is 98.2 Å². The van der Waals surface area contributed by atoms with Gasteiger partial charge in [0, 0.05) is 6.42 Å². The largest absolute Gasteiger partial charge is 0.466 e. The average molecular weight is 228 g/mol. The number of carbonyl (C=O) groups excluding carboxylic acids is 1. The van der Waals surface area contributed by atoms with Gasteiger partial charge in [-0.05, 0) is 32.1 Å². The van der Waals surface area contributed by atoms with Crippen LogP contribution in [0.15, 0.2) is 0 Å². The first-order chi connectivity index (χ1) is 7.59. The quantitative estimate of drug-likeness (QED) is 0.736. The summed E-state index contributed by atoms with van der Waals surface area (Å²) in [6, 6.07) is 0. The van der Waals surface area contributed by atoms with Gasteiger partial charge in [0.25, 0.3) is 0 Å². The molecule has 1 fully saturated rings. The first kappa shape index (κ1) is 13.5. The second-order valence-electron chi connectivity index (χ2n) is 4.90. The van der Waals surface area contributed by atoms with Crippen LogP contribution in [0.1, 0.15) is 58.8 Å². The standard InChI is InChI=1S/C13H24O3/c1-3-11-6-5-8-13(15,10-11)9-7-12(14)16-4-2/h11,15H,3-10H2,1-2H3. The fraction of sp³-hybridized carbons (Fsp3) is 0.923. The van der Waals surface area contributed by atoms with Crippen LogP contribution in [-0.2, 0) is 9.53 Å². The van der Waals surface area contributed by atoms with Gasteiger partial charge in [0.05, 0.1) is 12.2 Å². The van der Waals surface area contributed by atoms with Gasteiger partial charge in [0.1, 0.15) is 0 Å². The molecule has 0 aromatic rings. The summed E-state index contributed by atoms with van der Waals surface area (Å²) in [6.07, 6.45) is 6.02. The maximum atomic E-state index is 11.2. The molecule has 0 saturated heterocycles. The fourth-order valence-corrected chi connectivity index (χ4v) is 2.60. The maximum absolute atomic E-state index is 11.2. The van der Waals surface area contributed by atoms with Crippen molar-refractivity contribution in [3.8, 4) is 0 Å². The molecule has 0 bridgehead atoms. The van der Waals surface area contributed by atoms with E-state index in [-0.39, 0.29) is 5.97 Å². The van der Waals surface area contributed by atoms with Crippen molar-refractivity contribution < 1.29 is 14.6 Å². The summed E-state index contributed by atoms with van der Waals surface area (Å²) in [5.74, 6) is 0.440. The third-order valence-electron chi connectivity index (χ3n) is 3.60. The summed E-state index contributed by atoms with van der Waals surface area (Å²) in [7, 11) is 0. The molecule has 1 aliphatic rings. The third kappa shape index (κ3) is 4.12. The van der Waals surface area contributed by atoms with E-state index < -0.39 is 5.60 Å². The van der Waals surface area contributed by atoms with Crippen LogP contribution in [0.3, 0.4) is 0 Å². The van der Waals surface area contributed by atoms with Crippen molar-refractivity contribution >= 4 is 5.97 Å². The molecule has 2 unspecified atom stereocenters. The van der Waals surface area contributed by atoms with Crippen molar-refractivity contribution in [2.24, 2.45) is 5.92 Å². The molecular weight excluding hydrogens is 204 g/mol. The number of hydrogen-bond donors (Lipinski definition) is 1. The van der Waals surface area contributed by atoms with Crippen molar-refractivity contribution in [3.63, 3.8) is 0 Å². The van der Waals surface area contributed by atoms with E-state index in [1.54, 1.807) is 6.92 Å². The molecular formula is C13H24O3. The van der Waals surface area contributed by atoms with Gasteiger partial charge in [-0.25, -0.2) is 0 Å². The predicted molar refractivity (Wildman–Crippen MR) is 63.1 cm³/mol. The maximum Gasteiger partial charge on any atom is 0.305 e. The van der Waals surface area contributed by atoms with Crippen LogP contribution in [0.25, 0.3) is 0 Å². The van der Waals surface area contributed by atoms with E-state index in [1.165, 1.54) is 6.42 Å². The molecule has 1 N–H and O–H groups in total. The molecule has 0 aromatic heterocycles. The van der Waals surface area contributed by atoms with Crippen molar-refractivity contribution in [2.75, 3.05) is 6.61 Å². The zero-order valence-electron chi connectivity index (χ0n) is 10.5. The minimum Gasteiger partial charge on any atom is -0.466 e. The normalized spacial score (nSPS) is 30.1. The SMILES string of the molecule is CCOC(=O)CCC1(O)CCCC(CC)C1. The van der Waals surface area contributed by atoms with Crippen molar-refractivity contribution in [3.05, 3.63) is 0 Å². The molecule has 0 spiro atoms. The van der Waals surface area contributed by atoms with Crippen LogP contribution >= 0.6 is 0 Å². The lowest BCUT2D eigenvalue weighted by Crippen LogP contribution is -2.35. The summed E-state index contributed by atoms with van der Waals surface area (Å²) in [4.78, 5) is 11.2. The monoisotopic (exact) mass is 228 g/mol. The van der Waals surface area contributed by atoms with Crippen LogP contribution in [0, 0.1) is 5.92 Å². The van der Waals surface area contributed by atoms with Gasteiger partial charge in [-0.3, -0.25) is 4.79 Å². The summed E-state index contributed by atoms with van der Waals surface area (Å²) in [6.45, 7) is 4.40. The topological polar surface area (TPSA) is 46.5 Å². The highest BCUT2D eigenvalue weighted by Gasteiger charge is 2.33. The Bertz CT molecular complexity index is 227. The van der Waals surface area contributed by atoms with E-state index in [9.17, 15) is 9.90 Å². The lowest BCUT2D eigenvalue weighted by atomic mass is 9.75. The van der Waals surface area contributed by atoms with Gasteiger partial charge in [0.15, 0.2) is 0 Å². The average Bonchev–Trinajstić information content (AvgIpc) is 2.27. The molecule has 94 valence electrons. The van der Waals surface area contributed by atoms with Crippen molar-refractivity contribution in [2.45, 2.75) is 64.4 Å².